The number of hydrogen-bond donors (Lipinski definition) is 2. The molecule has 2 heterocycles. The van der Waals surface area contributed by atoms with Crippen LogP contribution in [0.1, 0.15) is 22.3 Å². The highest BCUT2D eigenvalue weighted by atomic mass is 35.5. The van der Waals surface area contributed by atoms with Gasteiger partial charge in [-0.05, 0) is 42.8 Å². The zero-order valence-corrected chi connectivity index (χ0v) is 16.3. The summed E-state index contributed by atoms with van der Waals surface area (Å²) in [5.41, 5.74) is 2.24. The van der Waals surface area contributed by atoms with E-state index in [0.29, 0.717) is 24.2 Å². The first kappa shape index (κ1) is 20.2. The van der Waals surface area contributed by atoms with Gasteiger partial charge in [-0.3, -0.25) is 9.59 Å². The zero-order valence-electron chi connectivity index (χ0n) is 15.5. The molecular weight excluding hydrogens is 378 g/mol. The number of halogens is 1. The first-order chi connectivity index (χ1) is 13.2. The van der Waals surface area contributed by atoms with Gasteiger partial charge in [0.25, 0.3) is 11.8 Å². The van der Waals surface area contributed by atoms with Gasteiger partial charge in [0.2, 0.25) is 0 Å². The molecule has 1 unspecified atom stereocenters. The highest BCUT2D eigenvalue weighted by molar-refractivity contribution is 5.98. The number of rotatable bonds is 3. The van der Waals surface area contributed by atoms with Crippen molar-refractivity contribution in [3.63, 3.8) is 0 Å². The molecular formula is C21H24ClN3O3. The van der Waals surface area contributed by atoms with Crippen molar-refractivity contribution in [2.45, 2.75) is 18.9 Å². The third-order valence-electron chi connectivity index (χ3n) is 4.94. The lowest BCUT2D eigenvalue weighted by Gasteiger charge is -2.20. The number of para-hydroxylation sites is 1. The Morgan fingerprint density at radius 2 is 1.93 bits per heavy atom. The fraction of sp³-hybridized carbons (Fsp3) is 0.333. The molecule has 1 atom stereocenters. The summed E-state index contributed by atoms with van der Waals surface area (Å²) >= 11 is 0. The quantitative estimate of drug-likeness (QED) is 0.829. The van der Waals surface area contributed by atoms with E-state index in [4.69, 9.17) is 4.74 Å². The molecule has 6 nitrogen and oxygen atoms in total. The van der Waals surface area contributed by atoms with Crippen LogP contribution in [0.4, 0.5) is 5.69 Å². The Morgan fingerprint density at radius 1 is 1.07 bits per heavy atom. The lowest BCUT2D eigenvalue weighted by Crippen LogP contribution is -2.34. The van der Waals surface area contributed by atoms with E-state index in [2.05, 4.69) is 10.6 Å². The Labute approximate surface area is 170 Å². The lowest BCUT2D eigenvalue weighted by atomic mass is 10.1. The predicted molar refractivity (Wildman–Crippen MR) is 110 cm³/mol. The van der Waals surface area contributed by atoms with Crippen molar-refractivity contribution in [1.29, 1.82) is 0 Å². The van der Waals surface area contributed by atoms with Crippen LogP contribution in [-0.2, 0) is 11.2 Å². The van der Waals surface area contributed by atoms with Crippen molar-refractivity contribution in [2.24, 2.45) is 0 Å². The second-order valence-corrected chi connectivity index (χ2v) is 6.88. The molecule has 2 aromatic carbocycles. The predicted octanol–water partition coefficient (Wildman–Crippen LogP) is 2.49. The number of fused-ring (bicyclic) bond motifs is 1. The van der Waals surface area contributed by atoms with Crippen molar-refractivity contribution < 1.29 is 14.3 Å². The van der Waals surface area contributed by atoms with Crippen molar-refractivity contribution in [1.82, 2.24) is 10.2 Å². The van der Waals surface area contributed by atoms with Crippen LogP contribution in [-0.4, -0.2) is 49.0 Å². The Bertz CT molecular complexity index is 825. The number of carbonyl (C=O) groups excluding carboxylic acids is 2. The molecule has 148 valence electrons. The van der Waals surface area contributed by atoms with Gasteiger partial charge in [-0.2, -0.15) is 0 Å². The van der Waals surface area contributed by atoms with Gasteiger partial charge in [0.05, 0.1) is 0 Å². The largest absolute Gasteiger partial charge is 0.480 e. The van der Waals surface area contributed by atoms with Crippen molar-refractivity contribution in [3.05, 3.63) is 59.7 Å². The topological polar surface area (TPSA) is 70.7 Å². The van der Waals surface area contributed by atoms with Gasteiger partial charge in [0.1, 0.15) is 5.75 Å². The maximum atomic E-state index is 12.8. The summed E-state index contributed by atoms with van der Waals surface area (Å²) in [7, 11) is 0. The molecule has 0 spiro atoms. The van der Waals surface area contributed by atoms with Gasteiger partial charge < -0.3 is 20.3 Å². The molecule has 4 rings (SSSR count). The molecule has 2 aliphatic rings. The van der Waals surface area contributed by atoms with Gasteiger partial charge in [-0.1, -0.05) is 24.3 Å². The van der Waals surface area contributed by atoms with E-state index < -0.39 is 6.10 Å². The van der Waals surface area contributed by atoms with Crippen molar-refractivity contribution in [2.75, 3.05) is 31.5 Å². The molecule has 2 aliphatic heterocycles. The first-order valence-corrected chi connectivity index (χ1v) is 9.36. The van der Waals surface area contributed by atoms with Crippen LogP contribution in [0.5, 0.6) is 5.75 Å². The second kappa shape index (κ2) is 9.08. The smallest absolute Gasteiger partial charge is 0.265 e. The fourth-order valence-corrected chi connectivity index (χ4v) is 3.51. The summed E-state index contributed by atoms with van der Waals surface area (Å²) in [5, 5.41) is 6.18. The third-order valence-corrected chi connectivity index (χ3v) is 4.94. The summed E-state index contributed by atoms with van der Waals surface area (Å²) in [4.78, 5) is 27.2. The Morgan fingerprint density at radius 3 is 2.79 bits per heavy atom. The molecule has 0 aliphatic carbocycles. The van der Waals surface area contributed by atoms with Crippen LogP contribution in [0.15, 0.2) is 48.5 Å². The number of anilines is 1. The van der Waals surface area contributed by atoms with E-state index in [1.54, 1.807) is 24.3 Å². The van der Waals surface area contributed by atoms with Crippen molar-refractivity contribution in [3.8, 4) is 5.75 Å². The number of nitrogens with zero attached hydrogens (tertiary/aromatic N) is 1. The van der Waals surface area contributed by atoms with Crippen LogP contribution in [0, 0.1) is 0 Å². The monoisotopic (exact) mass is 401 g/mol. The molecule has 2 aromatic rings. The number of amides is 2. The van der Waals surface area contributed by atoms with Crippen LogP contribution >= 0.6 is 12.4 Å². The van der Waals surface area contributed by atoms with Gasteiger partial charge in [-0.15, -0.1) is 12.4 Å². The van der Waals surface area contributed by atoms with E-state index in [1.165, 1.54) is 0 Å². The van der Waals surface area contributed by atoms with Crippen LogP contribution in [0.2, 0.25) is 0 Å². The van der Waals surface area contributed by atoms with Crippen LogP contribution in [0.3, 0.4) is 0 Å². The summed E-state index contributed by atoms with van der Waals surface area (Å²) < 4.78 is 5.73. The number of ether oxygens (including phenoxy) is 1. The molecule has 1 fully saturated rings. The summed E-state index contributed by atoms with van der Waals surface area (Å²) in [6.07, 6.45) is 0.960. The second-order valence-electron chi connectivity index (χ2n) is 6.88. The van der Waals surface area contributed by atoms with Gasteiger partial charge in [0, 0.05) is 37.3 Å². The Hall–Kier alpha value is -2.57. The summed E-state index contributed by atoms with van der Waals surface area (Å²) in [5.74, 6) is 0.561. The highest BCUT2D eigenvalue weighted by Crippen LogP contribution is 2.28. The number of benzene rings is 2. The minimum Gasteiger partial charge on any atom is -0.480 e. The Balaban J connectivity index is 0.00000225. The zero-order chi connectivity index (χ0) is 18.6. The molecule has 0 radical (unpaired) electrons. The summed E-state index contributed by atoms with van der Waals surface area (Å²) in [6.45, 7) is 3.19. The SMILES string of the molecule is Cl.O=C(Nc1cccc(C(=O)N2CCCNCC2)c1)C1Cc2ccccc2O1. The number of hydrogen-bond acceptors (Lipinski definition) is 4. The average molecular weight is 402 g/mol. The maximum Gasteiger partial charge on any atom is 0.265 e. The minimum atomic E-state index is -0.543. The fourth-order valence-electron chi connectivity index (χ4n) is 3.51. The number of nitrogens with one attached hydrogen (secondary N) is 2. The van der Waals surface area contributed by atoms with E-state index in [1.807, 2.05) is 29.2 Å². The standard InChI is InChI=1S/C21H23N3O3.ClH/c25-20(19-14-15-5-1-2-8-18(15)27-19)23-17-7-3-6-16(13-17)21(26)24-11-4-9-22-10-12-24;/h1-3,5-8,13,19,22H,4,9-12,14H2,(H,23,25);1H. The van der Waals surface area contributed by atoms with E-state index in [9.17, 15) is 9.59 Å². The van der Waals surface area contributed by atoms with Gasteiger partial charge in [-0.25, -0.2) is 0 Å². The van der Waals surface area contributed by atoms with Crippen LogP contribution in [0.25, 0.3) is 0 Å². The lowest BCUT2D eigenvalue weighted by molar-refractivity contribution is -0.122. The van der Waals surface area contributed by atoms with Crippen LogP contribution < -0.4 is 15.4 Å². The number of carbonyl (C=O) groups is 2. The molecule has 0 aromatic heterocycles. The van der Waals surface area contributed by atoms with Crippen molar-refractivity contribution >= 4 is 29.9 Å². The molecule has 2 N–H and O–H groups in total. The average Bonchev–Trinajstić information content (AvgIpc) is 2.94. The Kier molecular flexibility index (Phi) is 6.54. The molecule has 0 bridgehead atoms. The van der Waals surface area contributed by atoms with Gasteiger partial charge in [0.15, 0.2) is 6.10 Å². The first-order valence-electron chi connectivity index (χ1n) is 9.36. The molecule has 2 amide bonds. The molecule has 7 heteroatoms. The van der Waals surface area contributed by atoms with E-state index >= 15 is 0 Å². The minimum absolute atomic E-state index is 0. The molecule has 0 saturated carbocycles. The normalized spacial score (nSPS) is 18.3. The highest BCUT2D eigenvalue weighted by Gasteiger charge is 2.29. The summed E-state index contributed by atoms with van der Waals surface area (Å²) in [6, 6.07) is 14.8. The van der Waals surface area contributed by atoms with Gasteiger partial charge >= 0.3 is 0 Å². The van der Waals surface area contributed by atoms with E-state index in [-0.39, 0.29) is 24.2 Å². The molecule has 28 heavy (non-hydrogen) atoms. The maximum absolute atomic E-state index is 12.8. The molecule has 1 saturated heterocycles. The third kappa shape index (κ3) is 4.46. The van der Waals surface area contributed by atoms with E-state index in [0.717, 1.165) is 37.4 Å².